The Hall–Kier alpha value is -2.02. The largest absolute Gasteiger partial charge is 0.374 e. The number of nitrogens with zero attached hydrogens (tertiary/aromatic N) is 2. The van der Waals surface area contributed by atoms with Crippen LogP contribution >= 0.6 is 0 Å². The maximum Gasteiger partial charge on any atom is 0.374 e. The van der Waals surface area contributed by atoms with Gasteiger partial charge in [-0.2, -0.15) is 28.0 Å². The van der Waals surface area contributed by atoms with E-state index in [1.165, 1.54) is 13.8 Å². The summed E-state index contributed by atoms with van der Waals surface area (Å²) in [5, 5.41) is 0. The van der Waals surface area contributed by atoms with Gasteiger partial charge < -0.3 is 0 Å². The van der Waals surface area contributed by atoms with Crippen LogP contribution in [0, 0.1) is 34.3 Å². The van der Waals surface area contributed by atoms with Gasteiger partial charge in [-0.3, -0.25) is 0 Å². The maximum atomic E-state index is 11.1. The molecular formula is C14H10Cl2N2O8. The molecule has 0 N–H and O–H groups in total. The van der Waals surface area contributed by atoms with Crippen molar-refractivity contribution in [2.75, 3.05) is 0 Å². The van der Waals surface area contributed by atoms with E-state index in [1.54, 1.807) is 24.3 Å². The third kappa shape index (κ3) is 3.72. The first-order chi connectivity index (χ1) is 12.0. The summed E-state index contributed by atoms with van der Waals surface area (Å²) in [5.74, 6) is -1.58. The SMILES string of the molecule is Cc1c(O[Cl+3]([O-])([O-])[O-])c(O[Cl+3]([O-])([O-])[O-])c2nc3ccccc3nc2c1C. The Kier molecular flexibility index (Phi) is 4.55. The predicted octanol–water partition coefficient (Wildman–Crippen LogP) is -4.05. The van der Waals surface area contributed by atoms with Crippen molar-refractivity contribution in [1.29, 1.82) is 0 Å². The zero-order chi connectivity index (χ0) is 19.3. The first-order valence-electron chi connectivity index (χ1n) is 6.86. The Morgan fingerprint density at radius 1 is 0.692 bits per heavy atom. The zero-order valence-electron chi connectivity index (χ0n) is 13.2. The van der Waals surface area contributed by atoms with Crippen LogP contribution in [0.5, 0.6) is 11.5 Å². The minimum atomic E-state index is -5.03. The van der Waals surface area contributed by atoms with Crippen LogP contribution in [0.25, 0.3) is 22.1 Å². The second kappa shape index (κ2) is 6.30. The van der Waals surface area contributed by atoms with E-state index in [0.717, 1.165) is 0 Å². The molecule has 3 aromatic rings. The van der Waals surface area contributed by atoms with Gasteiger partial charge >= 0.3 is 11.5 Å². The number of rotatable bonds is 4. The Bertz CT molecular complexity index is 1000. The molecular weight excluding hydrogens is 395 g/mol. The van der Waals surface area contributed by atoms with Crippen molar-refractivity contribution in [3.63, 3.8) is 0 Å². The van der Waals surface area contributed by atoms with Gasteiger partial charge in [-0.25, -0.2) is 9.97 Å². The van der Waals surface area contributed by atoms with E-state index in [1.807, 2.05) is 0 Å². The van der Waals surface area contributed by atoms with Crippen molar-refractivity contribution in [2.24, 2.45) is 0 Å². The van der Waals surface area contributed by atoms with Crippen molar-refractivity contribution in [2.45, 2.75) is 13.8 Å². The molecule has 0 saturated heterocycles. The lowest BCUT2D eigenvalue weighted by Crippen LogP contribution is -2.64. The molecule has 0 fully saturated rings. The second-order valence-electron chi connectivity index (χ2n) is 5.23. The average Bonchev–Trinajstić information content (AvgIpc) is 2.52. The lowest BCUT2D eigenvalue weighted by molar-refractivity contribution is -1.91. The summed E-state index contributed by atoms with van der Waals surface area (Å²) >= 11 is 0. The second-order valence-corrected chi connectivity index (χ2v) is 7.05. The molecule has 26 heavy (non-hydrogen) atoms. The first-order valence-corrected chi connectivity index (χ1v) is 9.33. The molecule has 1 aromatic heterocycles. The number of hydrogen-bond acceptors (Lipinski definition) is 10. The molecule has 10 nitrogen and oxygen atoms in total. The van der Waals surface area contributed by atoms with E-state index >= 15 is 0 Å². The number of halogens is 2. The van der Waals surface area contributed by atoms with Crippen LogP contribution in [-0.2, 0) is 0 Å². The molecule has 0 saturated carbocycles. The molecule has 0 bridgehead atoms. The Labute approximate surface area is 150 Å². The molecule has 1 heterocycles. The van der Waals surface area contributed by atoms with Crippen LogP contribution in [0.15, 0.2) is 24.3 Å². The number of para-hydroxylation sites is 2. The summed E-state index contributed by atoms with van der Waals surface area (Å²) in [6.45, 7) is 2.89. The summed E-state index contributed by atoms with van der Waals surface area (Å²) in [6, 6.07) is 6.58. The van der Waals surface area contributed by atoms with Gasteiger partial charge in [-0.05, 0) is 31.5 Å². The summed E-state index contributed by atoms with van der Waals surface area (Å²) in [7, 11) is -10.0. The van der Waals surface area contributed by atoms with Crippen molar-refractivity contribution in [3.05, 3.63) is 35.4 Å². The number of hydrogen-bond donors (Lipinski definition) is 0. The molecule has 2 aromatic carbocycles. The van der Waals surface area contributed by atoms with Crippen molar-refractivity contribution in [1.82, 2.24) is 9.97 Å². The van der Waals surface area contributed by atoms with Crippen molar-refractivity contribution < 1.29 is 57.0 Å². The fraction of sp³-hybridized carbons (Fsp3) is 0.143. The molecule has 0 aliphatic carbocycles. The monoisotopic (exact) mass is 404 g/mol. The summed E-state index contributed by atoms with van der Waals surface area (Å²) in [6.07, 6.45) is 0. The molecule has 12 heteroatoms. The van der Waals surface area contributed by atoms with Crippen LogP contribution in [0.3, 0.4) is 0 Å². The van der Waals surface area contributed by atoms with Gasteiger partial charge in [-0.1, -0.05) is 20.7 Å². The lowest BCUT2D eigenvalue weighted by atomic mass is 10.1. The van der Waals surface area contributed by atoms with E-state index in [4.69, 9.17) is 0 Å². The molecule has 138 valence electrons. The zero-order valence-corrected chi connectivity index (χ0v) is 14.7. The van der Waals surface area contributed by atoms with Crippen molar-refractivity contribution in [3.8, 4) is 11.5 Å². The van der Waals surface area contributed by atoms with Gasteiger partial charge in [-0.15, -0.1) is 0 Å². The van der Waals surface area contributed by atoms with Crippen LogP contribution in [0.2, 0.25) is 0 Å². The third-order valence-electron chi connectivity index (χ3n) is 3.59. The van der Waals surface area contributed by atoms with Crippen LogP contribution in [0.4, 0.5) is 0 Å². The van der Waals surface area contributed by atoms with Gasteiger partial charge in [0.05, 0.1) is 16.6 Å². The van der Waals surface area contributed by atoms with Crippen molar-refractivity contribution >= 4 is 22.1 Å². The van der Waals surface area contributed by atoms with E-state index in [9.17, 15) is 28.0 Å². The first kappa shape index (κ1) is 18.8. The van der Waals surface area contributed by atoms with E-state index in [2.05, 4.69) is 18.5 Å². The molecule has 0 aliphatic heterocycles. The Morgan fingerprint density at radius 3 is 1.65 bits per heavy atom. The summed E-state index contributed by atoms with van der Waals surface area (Å²) in [4.78, 5) is 8.52. The Morgan fingerprint density at radius 2 is 1.15 bits per heavy atom. The standard InChI is InChI=1S/C14H10Cl2N2O8/c1-7-8(2)13(25-15(19,20)21)14(26-16(22,23)24)12-11(7)17-9-5-3-4-6-10(9)18-12/h3-6H,1-2H3. The van der Waals surface area contributed by atoms with Gasteiger partial charge in [0.2, 0.25) is 0 Å². The highest BCUT2D eigenvalue weighted by molar-refractivity contribution is 5.94. The number of benzene rings is 2. The van der Waals surface area contributed by atoms with Gasteiger partial charge in [0.1, 0.15) is 20.5 Å². The number of fused-ring (bicyclic) bond motifs is 2. The minimum absolute atomic E-state index is 0.0443. The molecule has 0 aliphatic rings. The molecule has 3 rings (SSSR count). The fourth-order valence-corrected chi connectivity index (χ4v) is 3.11. The van der Waals surface area contributed by atoms with E-state index in [-0.39, 0.29) is 16.6 Å². The highest BCUT2D eigenvalue weighted by Gasteiger charge is 2.38. The maximum absolute atomic E-state index is 11.1. The average molecular weight is 405 g/mol. The van der Waals surface area contributed by atoms with Crippen LogP contribution in [-0.4, -0.2) is 9.97 Å². The molecule has 0 radical (unpaired) electrons. The third-order valence-corrected chi connectivity index (χ3v) is 4.28. The van der Waals surface area contributed by atoms with Crippen LogP contribution in [0.1, 0.15) is 11.1 Å². The summed E-state index contributed by atoms with van der Waals surface area (Å²) in [5.41, 5.74) is 1.11. The van der Waals surface area contributed by atoms with E-state index < -0.39 is 32.0 Å². The predicted molar refractivity (Wildman–Crippen MR) is 67.8 cm³/mol. The minimum Gasteiger partial charge on any atom is -0.244 e. The lowest BCUT2D eigenvalue weighted by Gasteiger charge is -2.18. The smallest absolute Gasteiger partial charge is 0.244 e. The topological polar surface area (TPSA) is 183 Å². The molecule has 0 unspecified atom stereocenters. The molecule has 0 amide bonds. The molecule has 0 spiro atoms. The number of aromatic nitrogens is 2. The Balaban J connectivity index is 2.42. The summed E-state index contributed by atoms with van der Waals surface area (Å²) < 4.78 is 74.9. The van der Waals surface area contributed by atoms with E-state index in [0.29, 0.717) is 16.6 Å². The van der Waals surface area contributed by atoms with Gasteiger partial charge in [0.15, 0.2) is 5.52 Å². The van der Waals surface area contributed by atoms with Crippen LogP contribution < -0.4 is 36.5 Å². The highest BCUT2D eigenvalue weighted by atomic mass is 35.7. The highest BCUT2D eigenvalue weighted by Crippen LogP contribution is 2.42. The fourth-order valence-electron chi connectivity index (χ4n) is 2.40. The van der Waals surface area contributed by atoms with Gasteiger partial charge in [0.25, 0.3) is 0 Å². The normalized spacial score (nSPS) is 12.6. The number of aryl methyl sites for hydroxylation is 1. The van der Waals surface area contributed by atoms with Gasteiger partial charge in [0, 0.05) is 5.56 Å². The molecule has 0 atom stereocenters. The quantitative estimate of drug-likeness (QED) is 0.387.